The van der Waals surface area contributed by atoms with Crippen molar-refractivity contribution in [1.29, 1.82) is 0 Å². The summed E-state index contributed by atoms with van der Waals surface area (Å²) in [5.74, 6) is -0.950. The minimum atomic E-state index is -3.97. The van der Waals surface area contributed by atoms with Crippen LogP contribution in [0.5, 0.6) is 5.75 Å². The van der Waals surface area contributed by atoms with Gasteiger partial charge in [0.05, 0.1) is 12.3 Å². The summed E-state index contributed by atoms with van der Waals surface area (Å²) in [5.41, 5.74) is 0.681. The molecule has 5 N–H and O–H groups in total. The molecule has 1 fully saturated rings. The van der Waals surface area contributed by atoms with Crippen LogP contribution in [0.3, 0.4) is 0 Å². The quantitative estimate of drug-likeness (QED) is 0.414. The van der Waals surface area contributed by atoms with Crippen LogP contribution in [0.1, 0.15) is 5.56 Å². The number of amides is 3. The lowest BCUT2D eigenvalue weighted by Crippen LogP contribution is -2.37. The van der Waals surface area contributed by atoms with Crippen molar-refractivity contribution in [3.05, 3.63) is 23.8 Å². The Kier molecular flexibility index (Phi) is 5.46. The fraction of sp³-hybridized carbons (Fsp3) is 0.385. The van der Waals surface area contributed by atoms with Crippen LogP contribution in [0, 0.1) is 0 Å². The molecule has 11 heteroatoms. The fourth-order valence-electron chi connectivity index (χ4n) is 2.15. The van der Waals surface area contributed by atoms with E-state index in [0.29, 0.717) is 12.0 Å². The molecular formula is C13H18N4O6S. The number of phenols is 1. The average molecular weight is 358 g/mol. The lowest BCUT2D eigenvalue weighted by molar-refractivity contribution is -0.117. The molecular weight excluding hydrogens is 340 g/mol. The van der Waals surface area contributed by atoms with E-state index in [1.54, 1.807) is 6.07 Å². The first-order chi connectivity index (χ1) is 11.3. The zero-order valence-corrected chi connectivity index (χ0v) is 13.5. The highest BCUT2D eigenvalue weighted by Gasteiger charge is 2.35. The van der Waals surface area contributed by atoms with Gasteiger partial charge in [-0.1, -0.05) is 6.07 Å². The number of hydrogen-bond donors (Lipinski definition) is 5. The number of aromatic hydroxyl groups is 1. The summed E-state index contributed by atoms with van der Waals surface area (Å²) in [6, 6.07) is 3.95. The van der Waals surface area contributed by atoms with E-state index in [4.69, 9.17) is 5.11 Å². The topological polar surface area (TPSA) is 148 Å². The van der Waals surface area contributed by atoms with Crippen LogP contribution in [0.25, 0.3) is 0 Å². The lowest BCUT2D eigenvalue weighted by atomic mass is 10.1. The summed E-state index contributed by atoms with van der Waals surface area (Å²) in [6.07, 6.45) is 0.407. The molecule has 0 unspecified atom stereocenters. The van der Waals surface area contributed by atoms with Crippen LogP contribution in [-0.2, 0) is 21.4 Å². The van der Waals surface area contributed by atoms with Gasteiger partial charge in [-0.2, -0.15) is 8.42 Å². The third-order valence-electron chi connectivity index (χ3n) is 3.23. The molecule has 1 aromatic rings. The maximum Gasteiger partial charge on any atom is 0.326 e. The molecule has 10 nitrogen and oxygen atoms in total. The van der Waals surface area contributed by atoms with Gasteiger partial charge in [0, 0.05) is 13.1 Å². The number of rotatable bonds is 6. The van der Waals surface area contributed by atoms with E-state index >= 15 is 0 Å². The van der Waals surface area contributed by atoms with Gasteiger partial charge in [-0.05, 0) is 24.1 Å². The van der Waals surface area contributed by atoms with Crippen molar-refractivity contribution in [2.24, 2.45) is 0 Å². The highest BCUT2D eigenvalue weighted by Crippen LogP contribution is 2.31. The molecule has 1 saturated heterocycles. The van der Waals surface area contributed by atoms with E-state index in [1.165, 1.54) is 12.1 Å². The third kappa shape index (κ3) is 4.26. The van der Waals surface area contributed by atoms with Gasteiger partial charge in [0.1, 0.15) is 12.3 Å². The molecule has 0 atom stereocenters. The predicted molar refractivity (Wildman–Crippen MR) is 84.7 cm³/mol. The summed E-state index contributed by atoms with van der Waals surface area (Å²) in [7, 11) is -3.97. The highest BCUT2D eigenvalue weighted by molar-refractivity contribution is 7.92. The van der Waals surface area contributed by atoms with E-state index in [0.717, 1.165) is 4.31 Å². The molecule has 24 heavy (non-hydrogen) atoms. The molecule has 0 bridgehead atoms. The standard InChI is InChI=1S/C13H18N4O6S/c18-6-5-15-13(21)14-4-3-9-1-2-10(11(19)7-9)17-8-12(20)16-24(17,22)23/h1-2,7,18-19H,3-6,8H2,(H,16,20)(H2,14,15,21). The Bertz CT molecular complexity index is 736. The van der Waals surface area contributed by atoms with Crippen molar-refractivity contribution in [2.45, 2.75) is 6.42 Å². The van der Waals surface area contributed by atoms with Crippen molar-refractivity contribution < 1.29 is 28.2 Å². The Balaban J connectivity index is 1.98. The number of nitrogens with zero attached hydrogens (tertiary/aromatic N) is 1. The second-order valence-corrected chi connectivity index (χ2v) is 6.61. The minimum absolute atomic E-state index is 0.00532. The molecule has 0 spiro atoms. The van der Waals surface area contributed by atoms with Gasteiger partial charge < -0.3 is 20.8 Å². The first-order valence-corrected chi connectivity index (χ1v) is 8.55. The van der Waals surface area contributed by atoms with Crippen molar-refractivity contribution in [1.82, 2.24) is 15.4 Å². The molecule has 2 rings (SSSR count). The van der Waals surface area contributed by atoms with E-state index < -0.39 is 22.1 Å². The van der Waals surface area contributed by atoms with Gasteiger partial charge >= 0.3 is 16.2 Å². The number of aliphatic hydroxyl groups excluding tert-OH is 1. The average Bonchev–Trinajstić information content (AvgIpc) is 2.78. The van der Waals surface area contributed by atoms with Crippen molar-refractivity contribution in [3.8, 4) is 5.75 Å². The number of benzene rings is 1. The molecule has 0 aliphatic carbocycles. The molecule has 0 saturated carbocycles. The fourth-order valence-corrected chi connectivity index (χ4v) is 3.31. The van der Waals surface area contributed by atoms with Crippen LogP contribution in [-0.4, -0.2) is 56.8 Å². The number of nitrogens with one attached hydrogen (secondary N) is 3. The van der Waals surface area contributed by atoms with Gasteiger partial charge in [-0.3, -0.25) is 4.79 Å². The summed E-state index contributed by atoms with van der Waals surface area (Å²) >= 11 is 0. The zero-order valence-electron chi connectivity index (χ0n) is 12.7. The van der Waals surface area contributed by atoms with E-state index in [-0.39, 0.29) is 37.7 Å². The highest BCUT2D eigenvalue weighted by atomic mass is 32.2. The zero-order chi connectivity index (χ0) is 17.7. The molecule has 3 amide bonds. The van der Waals surface area contributed by atoms with Gasteiger partial charge in [-0.25, -0.2) is 13.8 Å². The van der Waals surface area contributed by atoms with Crippen molar-refractivity contribution in [2.75, 3.05) is 30.5 Å². The third-order valence-corrected chi connectivity index (χ3v) is 4.62. The first kappa shape index (κ1) is 17.8. The minimum Gasteiger partial charge on any atom is -0.506 e. The van der Waals surface area contributed by atoms with E-state index in [2.05, 4.69) is 10.6 Å². The summed E-state index contributed by atoms with van der Waals surface area (Å²) in [6.45, 7) is -0.0994. The summed E-state index contributed by atoms with van der Waals surface area (Å²) in [4.78, 5) is 22.5. The van der Waals surface area contributed by atoms with Crippen molar-refractivity contribution in [3.63, 3.8) is 0 Å². The Morgan fingerprint density at radius 2 is 2.00 bits per heavy atom. The lowest BCUT2D eigenvalue weighted by Gasteiger charge is -2.16. The molecule has 1 aliphatic rings. The van der Waals surface area contributed by atoms with E-state index in [1.807, 2.05) is 4.72 Å². The number of aliphatic hydroxyl groups is 1. The Morgan fingerprint density at radius 3 is 2.58 bits per heavy atom. The van der Waals surface area contributed by atoms with Crippen LogP contribution < -0.4 is 19.7 Å². The van der Waals surface area contributed by atoms with Crippen molar-refractivity contribution >= 4 is 27.8 Å². The number of anilines is 1. The summed E-state index contributed by atoms with van der Waals surface area (Å²) < 4.78 is 26.1. The van der Waals surface area contributed by atoms with Crippen LogP contribution in [0.15, 0.2) is 18.2 Å². The number of urea groups is 1. The number of carbonyl (C=O) groups excluding carboxylic acids is 2. The number of phenolic OH excluding ortho intramolecular Hbond substituents is 1. The molecule has 132 valence electrons. The summed E-state index contributed by atoms with van der Waals surface area (Å²) in [5, 5.41) is 23.6. The Labute approximate surface area is 138 Å². The molecule has 1 aliphatic heterocycles. The van der Waals surface area contributed by atoms with Crippen LogP contribution >= 0.6 is 0 Å². The largest absolute Gasteiger partial charge is 0.506 e. The van der Waals surface area contributed by atoms with Gasteiger partial charge in [0.2, 0.25) is 0 Å². The molecule has 1 heterocycles. The Morgan fingerprint density at radius 1 is 1.29 bits per heavy atom. The second kappa shape index (κ2) is 7.36. The predicted octanol–water partition coefficient (Wildman–Crippen LogP) is -1.59. The molecule has 1 aromatic carbocycles. The number of carbonyl (C=O) groups is 2. The first-order valence-electron chi connectivity index (χ1n) is 7.11. The van der Waals surface area contributed by atoms with Crippen LogP contribution in [0.4, 0.5) is 10.5 Å². The van der Waals surface area contributed by atoms with Gasteiger partial charge in [0.15, 0.2) is 0 Å². The van der Waals surface area contributed by atoms with E-state index in [9.17, 15) is 23.1 Å². The second-order valence-electron chi connectivity index (χ2n) is 5.02. The Hall–Kier alpha value is -2.53. The monoisotopic (exact) mass is 358 g/mol. The SMILES string of the molecule is O=C1CN(c2ccc(CCNC(=O)NCCO)cc2O)S(=O)(=O)N1. The maximum absolute atomic E-state index is 11.8. The normalized spacial score (nSPS) is 15.9. The smallest absolute Gasteiger partial charge is 0.326 e. The number of hydrogen-bond acceptors (Lipinski definition) is 6. The van der Waals surface area contributed by atoms with Gasteiger partial charge in [-0.15, -0.1) is 0 Å². The maximum atomic E-state index is 11.8. The van der Waals surface area contributed by atoms with Crippen LogP contribution in [0.2, 0.25) is 0 Å². The van der Waals surface area contributed by atoms with Gasteiger partial charge in [0.25, 0.3) is 5.91 Å². The molecule has 0 aromatic heterocycles. The molecule has 0 radical (unpaired) electrons.